The van der Waals surface area contributed by atoms with Crippen LogP contribution in [-0.4, -0.2) is 12.6 Å². The molecule has 0 aromatic carbocycles. The molecule has 0 amide bonds. The minimum absolute atomic E-state index is 0.801. The summed E-state index contributed by atoms with van der Waals surface area (Å²) in [4.78, 5) is 0. The third kappa shape index (κ3) is 3.21. The first kappa shape index (κ1) is 11.4. The van der Waals surface area contributed by atoms with Crippen molar-refractivity contribution in [3.63, 3.8) is 0 Å². The van der Waals surface area contributed by atoms with Crippen molar-refractivity contribution in [1.82, 2.24) is 5.32 Å². The van der Waals surface area contributed by atoms with Crippen molar-refractivity contribution in [2.75, 3.05) is 6.54 Å². The molecule has 0 bridgehead atoms. The summed E-state index contributed by atoms with van der Waals surface area (Å²) in [5.74, 6) is 3.80. The first-order valence-corrected chi connectivity index (χ1v) is 6.90. The van der Waals surface area contributed by atoms with E-state index in [2.05, 4.69) is 26.1 Å². The van der Waals surface area contributed by atoms with Crippen molar-refractivity contribution in [3.8, 4) is 0 Å². The van der Waals surface area contributed by atoms with Crippen molar-refractivity contribution < 1.29 is 0 Å². The van der Waals surface area contributed by atoms with Gasteiger partial charge in [0, 0.05) is 6.04 Å². The highest BCUT2D eigenvalue weighted by Crippen LogP contribution is 2.36. The molecule has 0 spiro atoms. The molecule has 0 aromatic rings. The predicted molar refractivity (Wildman–Crippen MR) is 65.9 cm³/mol. The molecule has 4 unspecified atom stereocenters. The Hall–Kier alpha value is -0.0400. The Balaban J connectivity index is 1.71. The molecule has 0 aromatic heterocycles. The van der Waals surface area contributed by atoms with E-state index >= 15 is 0 Å². The molecule has 15 heavy (non-hydrogen) atoms. The maximum Gasteiger partial charge on any atom is 0.00953 e. The Bertz CT molecular complexity index is 198. The molecule has 0 heterocycles. The summed E-state index contributed by atoms with van der Waals surface area (Å²) in [5.41, 5.74) is 0. The van der Waals surface area contributed by atoms with Crippen LogP contribution in [0.3, 0.4) is 0 Å². The van der Waals surface area contributed by atoms with Gasteiger partial charge in [-0.25, -0.2) is 0 Å². The second-order valence-electron chi connectivity index (χ2n) is 6.22. The second-order valence-corrected chi connectivity index (χ2v) is 6.22. The van der Waals surface area contributed by atoms with Gasteiger partial charge in [0.2, 0.25) is 0 Å². The lowest BCUT2D eigenvalue weighted by molar-refractivity contribution is 0.220. The summed E-state index contributed by atoms with van der Waals surface area (Å²) in [7, 11) is 0. The van der Waals surface area contributed by atoms with Gasteiger partial charge < -0.3 is 5.32 Å². The molecule has 0 saturated heterocycles. The molecular formula is C14H27N. The fraction of sp³-hybridized carbons (Fsp3) is 1.00. The molecule has 2 saturated carbocycles. The van der Waals surface area contributed by atoms with Crippen LogP contribution in [0.1, 0.15) is 52.9 Å². The number of hydrogen-bond donors (Lipinski definition) is 1. The molecule has 1 N–H and O–H groups in total. The average molecular weight is 209 g/mol. The van der Waals surface area contributed by atoms with Crippen LogP contribution in [0.2, 0.25) is 0 Å². The van der Waals surface area contributed by atoms with Gasteiger partial charge in [-0.1, -0.05) is 27.2 Å². The van der Waals surface area contributed by atoms with E-state index in [-0.39, 0.29) is 0 Å². The Labute approximate surface area is 95.0 Å². The van der Waals surface area contributed by atoms with Gasteiger partial charge in [0.25, 0.3) is 0 Å². The summed E-state index contributed by atoms with van der Waals surface area (Å²) in [6.07, 6.45) is 7.24. The van der Waals surface area contributed by atoms with Crippen LogP contribution in [0, 0.1) is 23.7 Å². The van der Waals surface area contributed by atoms with Gasteiger partial charge in [0.1, 0.15) is 0 Å². The fourth-order valence-corrected chi connectivity index (χ4v) is 2.99. The fourth-order valence-electron chi connectivity index (χ4n) is 2.99. The molecule has 1 nitrogen and oxygen atoms in total. The van der Waals surface area contributed by atoms with Crippen molar-refractivity contribution in [2.45, 2.75) is 58.9 Å². The Morgan fingerprint density at radius 1 is 1.13 bits per heavy atom. The predicted octanol–water partition coefficient (Wildman–Crippen LogP) is 3.45. The zero-order valence-corrected chi connectivity index (χ0v) is 10.6. The van der Waals surface area contributed by atoms with Crippen LogP contribution in [0.25, 0.3) is 0 Å². The average Bonchev–Trinajstić information content (AvgIpc) is 3.02. The minimum Gasteiger partial charge on any atom is -0.313 e. The summed E-state index contributed by atoms with van der Waals surface area (Å²) in [6.45, 7) is 8.50. The molecule has 4 atom stereocenters. The standard InChI is InChI=1S/C14H27N/c1-10-4-5-11(2)14(8-10)15-9-12(3)13-6-7-13/h10-15H,4-9H2,1-3H3. The van der Waals surface area contributed by atoms with Crippen LogP contribution in [0.5, 0.6) is 0 Å². The Morgan fingerprint density at radius 2 is 1.87 bits per heavy atom. The molecule has 2 aliphatic carbocycles. The van der Waals surface area contributed by atoms with Crippen LogP contribution >= 0.6 is 0 Å². The van der Waals surface area contributed by atoms with Crippen LogP contribution in [0.4, 0.5) is 0 Å². The molecule has 88 valence electrons. The van der Waals surface area contributed by atoms with Crippen LogP contribution in [-0.2, 0) is 0 Å². The number of hydrogen-bond acceptors (Lipinski definition) is 1. The van der Waals surface area contributed by atoms with E-state index in [1.165, 1.54) is 38.6 Å². The lowest BCUT2D eigenvalue weighted by Gasteiger charge is -2.34. The molecular weight excluding hydrogens is 182 g/mol. The lowest BCUT2D eigenvalue weighted by Crippen LogP contribution is -2.41. The third-order valence-corrected chi connectivity index (χ3v) is 4.59. The summed E-state index contributed by atoms with van der Waals surface area (Å²) in [5, 5.41) is 3.82. The molecule has 0 radical (unpaired) electrons. The van der Waals surface area contributed by atoms with Gasteiger partial charge >= 0.3 is 0 Å². The van der Waals surface area contributed by atoms with E-state index in [9.17, 15) is 0 Å². The second kappa shape index (κ2) is 4.86. The molecule has 2 rings (SSSR count). The minimum atomic E-state index is 0.801. The van der Waals surface area contributed by atoms with Crippen molar-refractivity contribution >= 4 is 0 Å². The molecule has 1 heteroatoms. The summed E-state index contributed by atoms with van der Waals surface area (Å²) < 4.78 is 0. The van der Waals surface area contributed by atoms with Crippen molar-refractivity contribution in [2.24, 2.45) is 23.7 Å². The summed E-state index contributed by atoms with van der Waals surface area (Å²) in [6, 6.07) is 0.801. The third-order valence-electron chi connectivity index (χ3n) is 4.59. The van der Waals surface area contributed by atoms with E-state index in [4.69, 9.17) is 0 Å². The van der Waals surface area contributed by atoms with Gasteiger partial charge in [0.15, 0.2) is 0 Å². The SMILES string of the molecule is CC1CCC(C)C(NCC(C)C2CC2)C1. The first-order valence-electron chi connectivity index (χ1n) is 6.90. The quantitative estimate of drug-likeness (QED) is 0.748. The number of rotatable bonds is 4. The maximum atomic E-state index is 3.82. The maximum absolute atomic E-state index is 3.82. The van der Waals surface area contributed by atoms with E-state index in [0.717, 1.165) is 29.7 Å². The highest BCUT2D eigenvalue weighted by Gasteiger charge is 2.30. The van der Waals surface area contributed by atoms with Crippen molar-refractivity contribution in [3.05, 3.63) is 0 Å². The van der Waals surface area contributed by atoms with E-state index in [0.29, 0.717) is 0 Å². The molecule has 2 fully saturated rings. The van der Waals surface area contributed by atoms with Gasteiger partial charge in [-0.2, -0.15) is 0 Å². The Kier molecular flexibility index (Phi) is 3.71. The van der Waals surface area contributed by atoms with E-state index in [1.54, 1.807) is 0 Å². The van der Waals surface area contributed by atoms with E-state index in [1.807, 2.05) is 0 Å². The Morgan fingerprint density at radius 3 is 2.53 bits per heavy atom. The largest absolute Gasteiger partial charge is 0.313 e. The smallest absolute Gasteiger partial charge is 0.00953 e. The van der Waals surface area contributed by atoms with Gasteiger partial charge in [-0.3, -0.25) is 0 Å². The highest BCUT2D eigenvalue weighted by molar-refractivity contribution is 4.84. The van der Waals surface area contributed by atoms with Crippen LogP contribution in [0.15, 0.2) is 0 Å². The molecule has 0 aliphatic heterocycles. The van der Waals surface area contributed by atoms with Gasteiger partial charge in [-0.05, 0) is 55.9 Å². The highest BCUT2D eigenvalue weighted by atomic mass is 14.9. The topological polar surface area (TPSA) is 12.0 Å². The number of nitrogens with one attached hydrogen (secondary N) is 1. The monoisotopic (exact) mass is 209 g/mol. The lowest BCUT2D eigenvalue weighted by atomic mass is 9.80. The zero-order chi connectivity index (χ0) is 10.8. The normalized spacial score (nSPS) is 39.0. The van der Waals surface area contributed by atoms with Gasteiger partial charge in [-0.15, -0.1) is 0 Å². The van der Waals surface area contributed by atoms with E-state index < -0.39 is 0 Å². The van der Waals surface area contributed by atoms with Crippen LogP contribution < -0.4 is 5.32 Å². The van der Waals surface area contributed by atoms with Gasteiger partial charge in [0.05, 0.1) is 0 Å². The van der Waals surface area contributed by atoms with Crippen molar-refractivity contribution in [1.29, 1.82) is 0 Å². The zero-order valence-electron chi connectivity index (χ0n) is 10.6. The first-order chi connectivity index (χ1) is 7.16. The molecule has 2 aliphatic rings. The summed E-state index contributed by atoms with van der Waals surface area (Å²) >= 11 is 0.